The van der Waals surface area contributed by atoms with Crippen molar-refractivity contribution in [3.63, 3.8) is 0 Å². The number of amides is 1. The van der Waals surface area contributed by atoms with E-state index in [9.17, 15) is 9.70 Å². The normalized spacial score (nSPS) is 25.5. The van der Waals surface area contributed by atoms with Crippen LogP contribution in [0.3, 0.4) is 0 Å². The van der Waals surface area contributed by atoms with Gasteiger partial charge in [-0.2, -0.15) is 0 Å². The van der Waals surface area contributed by atoms with Gasteiger partial charge in [-0.3, -0.25) is 9.91 Å². The molecule has 136 valence electrons. The van der Waals surface area contributed by atoms with E-state index in [1.54, 1.807) is 5.01 Å². The lowest BCUT2D eigenvalue weighted by Gasteiger charge is -2.57. The van der Waals surface area contributed by atoms with Gasteiger partial charge in [-0.05, 0) is 51.9 Å². The number of piperidine rings is 2. The second kappa shape index (κ2) is 6.50. The number of rotatable bonds is 2. The molecule has 3 aliphatic heterocycles. The Balaban J connectivity index is 1.42. The number of nitroso groups, excluding NO2 is 1. The predicted octanol–water partition coefficient (Wildman–Crippen LogP) is 2.47. The van der Waals surface area contributed by atoms with Crippen molar-refractivity contribution in [3.8, 4) is 0 Å². The average Bonchev–Trinajstić information content (AvgIpc) is 2.51. The molecule has 0 radical (unpaired) electrons. The summed E-state index contributed by atoms with van der Waals surface area (Å²) in [4.78, 5) is 27.1. The third-order valence-corrected chi connectivity index (χ3v) is 5.63. The summed E-state index contributed by atoms with van der Waals surface area (Å²) >= 11 is 0. The smallest absolute Gasteiger partial charge is 0.410 e. The first-order valence-corrected chi connectivity index (χ1v) is 9.10. The Hall–Kier alpha value is -1.37. The standard InChI is InChI=1S/C17H30N4O3/c1-16(2,3)24-15(22)19-10-6-17(7-11-19)12-20(13-17)14-4-8-21(18-23)9-5-14/h14H,4-13H2,1-3H3. The van der Waals surface area contributed by atoms with Crippen LogP contribution in [0.2, 0.25) is 0 Å². The Morgan fingerprint density at radius 1 is 1.08 bits per heavy atom. The number of ether oxygens (including phenoxy) is 1. The number of carbonyl (C=O) groups is 1. The summed E-state index contributed by atoms with van der Waals surface area (Å²) < 4.78 is 5.47. The molecule has 0 saturated carbocycles. The fraction of sp³-hybridized carbons (Fsp3) is 0.941. The lowest BCUT2D eigenvalue weighted by Crippen LogP contribution is -2.64. The van der Waals surface area contributed by atoms with Gasteiger partial charge in [0.05, 0.1) is 5.29 Å². The van der Waals surface area contributed by atoms with Crippen molar-refractivity contribution in [3.05, 3.63) is 4.91 Å². The maximum atomic E-state index is 12.2. The van der Waals surface area contributed by atoms with E-state index in [0.29, 0.717) is 11.5 Å². The molecule has 1 spiro atoms. The molecule has 3 fully saturated rings. The number of nitrogens with zero attached hydrogens (tertiary/aromatic N) is 4. The minimum Gasteiger partial charge on any atom is -0.444 e. The third-order valence-electron chi connectivity index (χ3n) is 5.63. The van der Waals surface area contributed by atoms with Gasteiger partial charge in [0, 0.05) is 45.3 Å². The molecule has 3 aliphatic rings. The molecule has 0 aromatic rings. The second-order valence-corrected chi connectivity index (χ2v) is 8.64. The van der Waals surface area contributed by atoms with Crippen LogP contribution < -0.4 is 0 Å². The zero-order valence-corrected chi connectivity index (χ0v) is 15.2. The van der Waals surface area contributed by atoms with Gasteiger partial charge in [-0.15, -0.1) is 4.91 Å². The van der Waals surface area contributed by atoms with Crippen molar-refractivity contribution in [2.75, 3.05) is 39.3 Å². The van der Waals surface area contributed by atoms with E-state index >= 15 is 0 Å². The summed E-state index contributed by atoms with van der Waals surface area (Å²) in [5.74, 6) is 0. The maximum Gasteiger partial charge on any atom is 0.410 e. The molecule has 7 nitrogen and oxygen atoms in total. The minimum atomic E-state index is -0.426. The first kappa shape index (κ1) is 17.5. The number of carbonyl (C=O) groups excluding carboxylic acids is 1. The molecule has 3 rings (SSSR count). The molecule has 0 atom stereocenters. The van der Waals surface area contributed by atoms with E-state index < -0.39 is 5.60 Å². The first-order valence-electron chi connectivity index (χ1n) is 9.10. The Morgan fingerprint density at radius 2 is 1.67 bits per heavy atom. The van der Waals surface area contributed by atoms with Crippen molar-refractivity contribution >= 4 is 6.09 Å². The van der Waals surface area contributed by atoms with Crippen molar-refractivity contribution < 1.29 is 9.53 Å². The van der Waals surface area contributed by atoms with Crippen LogP contribution in [0.15, 0.2) is 5.29 Å². The van der Waals surface area contributed by atoms with Gasteiger partial charge in [-0.1, -0.05) is 0 Å². The van der Waals surface area contributed by atoms with Gasteiger partial charge in [0.2, 0.25) is 0 Å². The van der Waals surface area contributed by atoms with Crippen molar-refractivity contribution in [2.45, 2.75) is 58.1 Å². The second-order valence-electron chi connectivity index (χ2n) is 8.64. The molecule has 3 saturated heterocycles. The lowest BCUT2D eigenvalue weighted by atomic mass is 9.71. The topological polar surface area (TPSA) is 65.5 Å². The zero-order chi connectivity index (χ0) is 17.4. The highest BCUT2D eigenvalue weighted by Gasteiger charge is 2.48. The van der Waals surface area contributed by atoms with Crippen LogP contribution in [0.5, 0.6) is 0 Å². The van der Waals surface area contributed by atoms with Crippen molar-refractivity contribution in [1.82, 2.24) is 14.8 Å². The van der Waals surface area contributed by atoms with E-state index in [1.807, 2.05) is 25.7 Å². The highest BCUT2D eigenvalue weighted by Crippen LogP contribution is 2.42. The summed E-state index contributed by atoms with van der Waals surface area (Å²) in [7, 11) is 0. The van der Waals surface area contributed by atoms with Crippen LogP contribution in [0.4, 0.5) is 4.79 Å². The number of hydrogen-bond acceptors (Lipinski definition) is 5. The molecule has 0 aromatic carbocycles. The van der Waals surface area contributed by atoms with Gasteiger partial charge in [0.1, 0.15) is 5.60 Å². The highest BCUT2D eigenvalue weighted by molar-refractivity contribution is 5.68. The van der Waals surface area contributed by atoms with Crippen LogP contribution in [0.25, 0.3) is 0 Å². The molecule has 1 amide bonds. The SMILES string of the molecule is CC(C)(C)OC(=O)N1CCC2(CC1)CN(C1CCN(N=O)CC1)C2. The molecule has 3 heterocycles. The van der Waals surface area contributed by atoms with E-state index in [2.05, 4.69) is 10.2 Å². The molecular formula is C17H30N4O3. The molecule has 0 unspecified atom stereocenters. The van der Waals surface area contributed by atoms with Gasteiger partial charge in [0.15, 0.2) is 0 Å². The summed E-state index contributed by atoms with van der Waals surface area (Å²) in [5.41, 5.74) is -0.0384. The Bertz CT molecular complexity index is 467. The predicted molar refractivity (Wildman–Crippen MR) is 91.4 cm³/mol. The monoisotopic (exact) mass is 338 g/mol. The summed E-state index contributed by atoms with van der Waals surface area (Å²) in [5, 5.41) is 4.66. The molecule has 0 aromatic heterocycles. The van der Waals surface area contributed by atoms with Crippen molar-refractivity contribution in [1.29, 1.82) is 0 Å². The Morgan fingerprint density at radius 3 is 2.17 bits per heavy atom. The van der Waals surface area contributed by atoms with Gasteiger partial charge in [-0.25, -0.2) is 4.79 Å². The molecule has 7 heteroatoms. The Kier molecular flexibility index (Phi) is 4.73. The highest BCUT2D eigenvalue weighted by atomic mass is 16.6. The quantitative estimate of drug-likeness (QED) is 0.724. The molecule has 0 aliphatic carbocycles. The van der Waals surface area contributed by atoms with Crippen LogP contribution >= 0.6 is 0 Å². The molecular weight excluding hydrogens is 308 g/mol. The number of hydrogen-bond donors (Lipinski definition) is 0. The van der Waals surface area contributed by atoms with E-state index in [-0.39, 0.29) is 6.09 Å². The molecule has 0 N–H and O–H groups in total. The van der Waals surface area contributed by atoms with Crippen LogP contribution in [-0.4, -0.2) is 71.8 Å². The van der Waals surface area contributed by atoms with Crippen LogP contribution in [-0.2, 0) is 4.74 Å². The number of likely N-dealkylation sites (tertiary alicyclic amines) is 2. The molecule has 24 heavy (non-hydrogen) atoms. The van der Waals surface area contributed by atoms with Gasteiger partial charge < -0.3 is 9.64 Å². The Labute approximate surface area is 144 Å². The van der Waals surface area contributed by atoms with Crippen molar-refractivity contribution in [2.24, 2.45) is 10.7 Å². The summed E-state index contributed by atoms with van der Waals surface area (Å²) in [6.45, 7) is 11.2. The third kappa shape index (κ3) is 3.82. The summed E-state index contributed by atoms with van der Waals surface area (Å²) in [6.07, 6.45) is 4.02. The van der Waals surface area contributed by atoms with Gasteiger partial charge >= 0.3 is 6.09 Å². The largest absolute Gasteiger partial charge is 0.444 e. The van der Waals surface area contributed by atoms with Crippen LogP contribution in [0.1, 0.15) is 46.5 Å². The summed E-state index contributed by atoms with van der Waals surface area (Å²) in [6, 6.07) is 0.595. The zero-order valence-electron chi connectivity index (χ0n) is 15.2. The van der Waals surface area contributed by atoms with E-state index in [1.165, 1.54) is 0 Å². The fourth-order valence-corrected chi connectivity index (χ4v) is 4.18. The fourth-order valence-electron chi connectivity index (χ4n) is 4.18. The van der Waals surface area contributed by atoms with E-state index in [0.717, 1.165) is 65.0 Å². The molecule has 0 bridgehead atoms. The minimum absolute atomic E-state index is 0.178. The van der Waals surface area contributed by atoms with Gasteiger partial charge in [0.25, 0.3) is 0 Å². The maximum absolute atomic E-state index is 12.2. The van der Waals surface area contributed by atoms with E-state index in [4.69, 9.17) is 4.74 Å². The average molecular weight is 338 g/mol. The van der Waals surface area contributed by atoms with Crippen LogP contribution in [0, 0.1) is 10.3 Å². The first-order chi connectivity index (χ1) is 11.3. The lowest BCUT2D eigenvalue weighted by molar-refractivity contribution is -0.0809.